The van der Waals surface area contributed by atoms with Gasteiger partial charge in [-0.05, 0) is 61.2 Å². The van der Waals surface area contributed by atoms with Crippen LogP contribution in [0.15, 0.2) is 61.1 Å². The lowest BCUT2D eigenvalue weighted by atomic mass is 9.84. The van der Waals surface area contributed by atoms with E-state index in [1.807, 2.05) is 30.0 Å². The summed E-state index contributed by atoms with van der Waals surface area (Å²) in [7, 11) is 4.87. The summed E-state index contributed by atoms with van der Waals surface area (Å²) in [6.07, 6.45) is 11.2. The maximum absolute atomic E-state index is 13.8. The van der Waals surface area contributed by atoms with E-state index >= 15 is 0 Å². The van der Waals surface area contributed by atoms with Crippen LogP contribution in [-0.4, -0.2) is 152 Å². The minimum absolute atomic E-state index is 0.000524. The Labute approximate surface area is 420 Å². The van der Waals surface area contributed by atoms with Crippen molar-refractivity contribution in [2.75, 3.05) is 80.1 Å². The molecule has 9 rings (SSSR count). The first-order chi connectivity index (χ1) is 35.3. The number of Topliss-reactive ketones (excluding diaryl/α,β-unsaturated/α-hetero) is 3. The van der Waals surface area contributed by atoms with E-state index in [4.69, 9.17) is 52.2 Å². The number of aromatic amines is 2. The first-order valence-electron chi connectivity index (χ1n) is 22.3. The third-order valence-corrected chi connectivity index (χ3v) is 12.0. The Kier molecular flexibility index (Phi) is 18.9. The molecule has 0 amide bonds. The fourth-order valence-corrected chi connectivity index (χ4v) is 8.61. The number of carbonyl (C=O) groups excluding carboxylic acids is 9. The van der Waals surface area contributed by atoms with Gasteiger partial charge in [-0.1, -0.05) is 18.9 Å². The fraction of sp³-hybridized carbons (Fsp3) is 0.367. The van der Waals surface area contributed by atoms with Crippen molar-refractivity contribution in [1.82, 2.24) is 24.9 Å². The SMILES string of the molecule is COC(=O)c1cc2c([nH]1)-c1c(C(=O)OC)cc(C(=O)COCCCCCCSC)nc1C(=O)C21OCCO1.COC(=O)c1cc2c([nH]1)-c1c(C(=O)OC)ccnc1C(=O)C21OCCO1.O=C=O.c1ccncc1. The number of esters is 4. The van der Waals surface area contributed by atoms with Crippen LogP contribution in [-0.2, 0) is 63.8 Å². The summed E-state index contributed by atoms with van der Waals surface area (Å²) >= 11 is 1.81. The zero-order chi connectivity index (χ0) is 52.7. The Balaban J connectivity index is 0.000000212. The highest BCUT2D eigenvalue weighted by molar-refractivity contribution is 7.98. The van der Waals surface area contributed by atoms with E-state index in [0.717, 1.165) is 31.4 Å². The number of hydrogen-bond acceptors (Lipinski definition) is 22. The third-order valence-electron chi connectivity index (χ3n) is 11.3. The standard InChI is InChI=1S/C26H30N2O9S.C17H14N2O7.C5H5N.CO2/c1-33-24(31)15-12-17(19(29)14-35-8-6-4-5-7-11-38-3)27-22-20(15)21-16(13-18(28-21)25(32)34-2)26(23(22)30)36-9-10-37-26;1-23-15(21)8-3-4-18-13-11(8)12-9(7-10(19-12)16(22)24-2)17(14(13)20)25-5-6-26-17;1-2-4-6-5-3-1;2-1-3/h12-13,28H,4-11,14H2,1-3H3;3-4,7,19H,5-6H2,1-2H3;1-5H;. The Bertz CT molecular complexity index is 2850. The average Bonchev–Trinajstić information content (AvgIpc) is 4.28. The van der Waals surface area contributed by atoms with Crippen LogP contribution in [0.2, 0.25) is 0 Å². The van der Waals surface area contributed by atoms with E-state index in [1.54, 1.807) is 12.4 Å². The van der Waals surface area contributed by atoms with Crippen LogP contribution < -0.4 is 0 Å². The molecule has 2 saturated heterocycles. The highest BCUT2D eigenvalue weighted by Gasteiger charge is 2.56. The number of H-pyrrole nitrogens is 2. The molecule has 2 N–H and O–H groups in total. The first kappa shape index (κ1) is 54.8. The van der Waals surface area contributed by atoms with Crippen LogP contribution in [0, 0.1) is 0 Å². The van der Waals surface area contributed by atoms with Crippen LogP contribution in [0.4, 0.5) is 0 Å². The van der Waals surface area contributed by atoms with E-state index in [0.29, 0.717) is 17.9 Å². The first-order valence-corrected chi connectivity index (χ1v) is 23.7. The third kappa shape index (κ3) is 11.4. The van der Waals surface area contributed by atoms with Crippen molar-refractivity contribution in [3.8, 4) is 22.5 Å². The maximum atomic E-state index is 13.8. The number of ketones is 3. The summed E-state index contributed by atoms with van der Waals surface area (Å²) in [5.41, 5.74) is 1.21. The normalized spacial score (nSPS) is 14.8. The van der Waals surface area contributed by atoms with Crippen LogP contribution in [0.5, 0.6) is 0 Å². The molecule has 23 nitrogen and oxygen atoms in total. The molecule has 2 aliphatic heterocycles. The van der Waals surface area contributed by atoms with Gasteiger partial charge in [0, 0.05) is 47.5 Å². The van der Waals surface area contributed by atoms with Gasteiger partial charge in [-0.15, -0.1) is 0 Å². The van der Waals surface area contributed by atoms with Crippen molar-refractivity contribution in [2.24, 2.45) is 0 Å². The van der Waals surface area contributed by atoms with Crippen molar-refractivity contribution in [3.63, 3.8) is 0 Å². The summed E-state index contributed by atoms with van der Waals surface area (Å²) < 4.78 is 47.6. The van der Waals surface area contributed by atoms with Crippen LogP contribution >= 0.6 is 11.8 Å². The van der Waals surface area contributed by atoms with Crippen molar-refractivity contribution < 1.29 is 85.8 Å². The molecule has 384 valence electrons. The van der Waals surface area contributed by atoms with Crippen LogP contribution in [0.25, 0.3) is 22.5 Å². The molecule has 0 aromatic carbocycles. The molecule has 2 spiro atoms. The Morgan fingerprint density at radius 3 is 1.63 bits per heavy atom. The van der Waals surface area contributed by atoms with Gasteiger partial charge in [0.2, 0.25) is 17.3 Å². The summed E-state index contributed by atoms with van der Waals surface area (Å²) in [6, 6.07) is 11.2. The number of methoxy groups -OCH3 is 4. The lowest BCUT2D eigenvalue weighted by Crippen LogP contribution is -2.41. The number of aromatic nitrogens is 5. The highest BCUT2D eigenvalue weighted by atomic mass is 32.2. The van der Waals surface area contributed by atoms with E-state index in [-0.39, 0.29) is 101 Å². The Morgan fingerprint density at radius 2 is 1.15 bits per heavy atom. The second kappa shape index (κ2) is 25.2. The molecule has 0 bridgehead atoms. The number of ether oxygens (including phenoxy) is 9. The predicted octanol–water partition coefficient (Wildman–Crippen LogP) is 4.71. The number of nitrogens with one attached hydrogen (secondary N) is 2. The molecule has 5 aromatic rings. The lowest BCUT2D eigenvalue weighted by Gasteiger charge is -2.31. The molecular formula is C49H49N5O18S. The van der Waals surface area contributed by atoms with Gasteiger partial charge in [0.1, 0.15) is 35.1 Å². The molecule has 4 aliphatic rings. The zero-order valence-electron chi connectivity index (χ0n) is 40.2. The molecule has 0 radical (unpaired) electrons. The Hall–Kier alpha value is -7.57. The van der Waals surface area contributed by atoms with Crippen LogP contribution in [0.1, 0.15) is 110 Å². The summed E-state index contributed by atoms with van der Waals surface area (Å²) in [5.74, 6) is -6.95. The number of unbranched alkanes of at least 4 members (excludes halogenated alkanes) is 3. The summed E-state index contributed by atoms with van der Waals surface area (Å²) in [4.78, 5) is 123. The van der Waals surface area contributed by atoms with Gasteiger partial charge in [0.25, 0.3) is 11.6 Å². The molecular weight excluding hydrogens is 979 g/mol. The fourth-order valence-electron chi connectivity index (χ4n) is 8.12. The van der Waals surface area contributed by atoms with Crippen molar-refractivity contribution in [1.29, 1.82) is 0 Å². The smallest absolute Gasteiger partial charge is 0.373 e. The molecule has 2 fully saturated rings. The lowest BCUT2D eigenvalue weighted by molar-refractivity contribution is -0.191. The molecule has 0 atom stereocenters. The van der Waals surface area contributed by atoms with Crippen molar-refractivity contribution in [3.05, 3.63) is 112 Å². The van der Waals surface area contributed by atoms with Crippen molar-refractivity contribution >= 4 is 59.1 Å². The molecule has 0 saturated carbocycles. The number of pyridine rings is 3. The number of fused-ring (bicyclic) bond motifs is 8. The van der Waals surface area contributed by atoms with E-state index in [2.05, 4.69) is 31.2 Å². The second-order valence-corrected chi connectivity index (χ2v) is 16.5. The van der Waals surface area contributed by atoms with Gasteiger partial charge >= 0.3 is 30.0 Å². The molecule has 7 heterocycles. The molecule has 73 heavy (non-hydrogen) atoms. The minimum Gasteiger partial charge on any atom is -0.465 e. The molecule has 5 aromatic heterocycles. The van der Waals surface area contributed by atoms with Crippen molar-refractivity contribution in [2.45, 2.75) is 37.3 Å². The average molecular weight is 1030 g/mol. The monoisotopic (exact) mass is 1030 g/mol. The summed E-state index contributed by atoms with van der Waals surface area (Å²) in [6.45, 7) is 0.793. The van der Waals surface area contributed by atoms with E-state index < -0.39 is 52.8 Å². The van der Waals surface area contributed by atoms with Crippen LogP contribution in [0.3, 0.4) is 0 Å². The molecule has 2 aliphatic carbocycles. The molecule has 24 heteroatoms. The maximum Gasteiger partial charge on any atom is 0.373 e. The quantitative estimate of drug-likeness (QED) is 0.0658. The van der Waals surface area contributed by atoms with Gasteiger partial charge in [-0.3, -0.25) is 24.4 Å². The van der Waals surface area contributed by atoms with E-state index in [9.17, 15) is 33.6 Å². The summed E-state index contributed by atoms with van der Waals surface area (Å²) in [5, 5.41) is 0. The minimum atomic E-state index is -1.88. The van der Waals surface area contributed by atoms with Gasteiger partial charge in [-0.2, -0.15) is 21.4 Å². The van der Waals surface area contributed by atoms with Gasteiger partial charge in [0.05, 0.1) is 77.4 Å². The predicted molar refractivity (Wildman–Crippen MR) is 250 cm³/mol. The zero-order valence-corrected chi connectivity index (χ0v) is 41.0. The van der Waals surface area contributed by atoms with E-state index in [1.165, 1.54) is 58.9 Å². The number of thioether (sulfide) groups is 1. The number of rotatable bonds is 14. The number of nitrogens with zero attached hydrogens (tertiary/aromatic N) is 3. The molecule has 0 unspecified atom stereocenters. The second-order valence-electron chi connectivity index (χ2n) is 15.5. The largest absolute Gasteiger partial charge is 0.465 e. The van der Waals surface area contributed by atoms with Gasteiger partial charge in [-0.25, -0.2) is 24.2 Å². The van der Waals surface area contributed by atoms with Gasteiger partial charge in [0.15, 0.2) is 0 Å². The topological polar surface area (TPSA) is 307 Å². The Morgan fingerprint density at radius 1 is 0.658 bits per heavy atom. The number of hydrogen-bond donors (Lipinski definition) is 2. The highest BCUT2D eigenvalue weighted by Crippen LogP contribution is 2.49. The van der Waals surface area contributed by atoms with Gasteiger partial charge < -0.3 is 52.6 Å². The number of carbonyl (C=O) groups is 7.